The van der Waals surface area contributed by atoms with E-state index < -0.39 is 10.0 Å². The molecule has 162 valence electrons. The summed E-state index contributed by atoms with van der Waals surface area (Å²) >= 11 is 1.70. The summed E-state index contributed by atoms with van der Waals surface area (Å²) in [6.45, 7) is 2.84. The predicted octanol–water partition coefficient (Wildman–Crippen LogP) is 3.53. The number of sulfonamides is 1. The van der Waals surface area contributed by atoms with Crippen LogP contribution in [-0.4, -0.2) is 48.7 Å². The lowest BCUT2D eigenvalue weighted by molar-refractivity contribution is -0.137. The number of aryl methyl sites for hydroxylation is 2. The average Bonchev–Trinajstić information content (AvgIpc) is 3.13. The minimum absolute atomic E-state index is 0.0158. The van der Waals surface area contributed by atoms with Gasteiger partial charge in [-0.25, -0.2) is 17.7 Å². The fourth-order valence-electron chi connectivity index (χ4n) is 4.59. The molecule has 2 heterocycles. The van der Waals surface area contributed by atoms with E-state index in [2.05, 4.69) is 4.98 Å². The molecule has 30 heavy (non-hydrogen) atoms. The van der Waals surface area contributed by atoms with Crippen molar-refractivity contribution in [2.45, 2.75) is 50.8 Å². The number of hydrogen-bond donors (Lipinski definition) is 0. The number of benzene rings is 1. The minimum atomic E-state index is -3.36. The molecule has 1 aromatic carbocycles. The van der Waals surface area contributed by atoms with Crippen LogP contribution in [0.3, 0.4) is 0 Å². The molecule has 0 bridgehead atoms. The summed E-state index contributed by atoms with van der Waals surface area (Å²) in [5.74, 6) is 0.0404. The first-order chi connectivity index (χ1) is 14.3. The van der Waals surface area contributed by atoms with Crippen molar-refractivity contribution in [3.05, 3.63) is 51.5 Å². The van der Waals surface area contributed by atoms with Crippen molar-refractivity contribution in [3.8, 4) is 0 Å². The molecule has 1 atom stereocenters. The number of fused-ring (bicyclic) bond motifs is 1. The molecule has 0 radical (unpaired) electrons. The number of nitrogens with zero attached hydrogens (tertiary/aromatic N) is 3. The topological polar surface area (TPSA) is 70.6 Å². The summed E-state index contributed by atoms with van der Waals surface area (Å²) in [6, 6.07) is 9.36. The first kappa shape index (κ1) is 21.5. The third kappa shape index (κ3) is 4.45. The Morgan fingerprint density at radius 3 is 2.60 bits per heavy atom. The molecule has 2 aliphatic rings. The Balaban J connectivity index is 1.37. The van der Waals surface area contributed by atoms with E-state index in [1.54, 1.807) is 15.6 Å². The van der Waals surface area contributed by atoms with Gasteiger partial charge in [0.05, 0.1) is 27.4 Å². The Labute approximate surface area is 183 Å². The van der Waals surface area contributed by atoms with Crippen molar-refractivity contribution in [2.24, 2.45) is 5.92 Å². The number of carbonyl (C=O) groups is 1. The maximum Gasteiger partial charge on any atom is 0.226 e. The lowest BCUT2D eigenvalue weighted by Crippen LogP contribution is -2.44. The van der Waals surface area contributed by atoms with Crippen LogP contribution in [0.1, 0.15) is 52.9 Å². The highest BCUT2D eigenvalue weighted by molar-refractivity contribution is 7.88. The third-order valence-corrected chi connectivity index (χ3v) is 9.20. The van der Waals surface area contributed by atoms with Crippen molar-refractivity contribution >= 4 is 27.3 Å². The van der Waals surface area contributed by atoms with Crippen LogP contribution in [0.5, 0.6) is 0 Å². The lowest BCUT2D eigenvalue weighted by Gasteiger charge is -2.36. The van der Waals surface area contributed by atoms with E-state index in [0.717, 1.165) is 35.5 Å². The van der Waals surface area contributed by atoms with Gasteiger partial charge in [-0.05, 0) is 44.6 Å². The van der Waals surface area contributed by atoms with Crippen molar-refractivity contribution in [3.63, 3.8) is 0 Å². The van der Waals surface area contributed by atoms with Crippen LogP contribution in [0, 0.1) is 12.8 Å². The van der Waals surface area contributed by atoms with Crippen LogP contribution < -0.4 is 0 Å². The van der Waals surface area contributed by atoms with Crippen LogP contribution in [0.2, 0.25) is 0 Å². The molecule has 1 amide bonds. The zero-order valence-electron chi connectivity index (χ0n) is 17.6. The molecule has 1 aliphatic heterocycles. The van der Waals surface area contributed by atoms with Gasteiger partial charge in [0.1, 0.15) is 0 Å². The number of hydrogen-bond acceptors (Lipinski definition) is 5. The molecule has 1 unspecified atom stereocenters. The van der Waals surface area contributed by atoms with Gasteiger partial charge in [0, 0.05) is 26.1 Å². The standard InChI is InChI=1S/C22H29N3O3S2/c1-16-23-19-9-6-10-20(21(19)29-16)24(2)22(26)18-11-13-25(14-12-18)30(27,28)15-17-7-4-3-5-8-17/h3-5,7-8,18,20H,6,9-15H2,1-2H3. The Morgan fingerprint density at radius 1 is 1.20 bits per heavy atom. The smallest absolute Gasteiger partial charge is 0.226 e. The maximum atomic E-state index is 13.2. The summed E-state index contributed by atoms with van der Waals surface area (Å²) in [5.41, 5.74) is 1.94. The third-order valence-electron chi connectivity index (χ3n) is 6.23. The highest BCUT2D eigenvalue weighted by atomic mass is 32.2. The predicted molar refractivity (Wildman–Crippen MR) is 119 cm³/mol. The molecule has 6 nitrogen and oxygen atoms in total. The highest BCUT2D eigenvalue weighted by Gasteiger charge is 2.36. The quantitative estimate of drug-likeness (QED) is 0.703. The summed E-state index contributed by atoms with van der Waals surface area (Å²) in [6.07, 6.45) is 4.18. The number of aromatic nitrogens is 1. The van der Waals surface area contributed by atoms with E-state index in [1.165, 1.54) is 4.88 Å². The largest absolute Gasteiger partial charge is 0.338 e. The van der Waals surface area contributed by atoms with Crippen LogP contribution in [-0.2, 0) is 27.0 Å². The van der Waals surface area contributed by atoms with Gasteiger partial charge in [-0.2, -0.15) is 0 Å². The molecule has 1 aliphatic carbocycles. The number of carbonyl (C=O) groups excluding carboxylic acids is 1. The van der Waals surface area contributed by atoms with Gasteiger partial charge in [-0.15, -0.1) is 11.3 Å². The van der Waals surface area contributed by atoms with Crippen LogP contribution in [0.4, 0.5) is 0 Å². The summed E-state index contributed by atoms with van der Waals surface area (Å²) in [4.78, 5) is 21.0. The molecule has 0 saturated carbocycles. The van der Waals surface area contributed by atoms with Gasteiger partial charge in [-0.3, -0.25) is 4.79 Å². The Bertz CT molecular complexity index is 996. The molecule has 1 aromatic heterocycles. The SMILES string of the molecule is Cc1nc2c(s1)C(N(C)C(=O)C1CCN(S(=O)(=O)Cc3ccccc3)CC1)CCC2. The first-order valence-electron chi connectivity index (χ1n) is 10.6. The fraction of sp³-hybridized carbons (Fsp3) is 0.545. The van der Waals surface area contributed by atoms with Crippen molar-refractivity contribution < 1.29 is 13.2 Å². The van der Waals surface area contributed by atoms with E-state index in [9.17, 15) is 13.2 Å². The highest BCUT2D eigenvalue weighted by Crippen LogP contribution is 2.38. The van der Waals surface area contributed by atoms with Gasteiger partial charge in [0.2, 0.25) is 15.9 Å². The number of thiazole rings is 1. The molecular formula is C22H29N3O3S2. The second-order valence-corrected chi connectivity index (χ2v) is 11.5. The molecule has 1 fully saturated rings. The normalized spacial score (nSPS) is 20.7. The first-order valence-corrected chi connectivity index (χ1v) is 13.0. The van der Waals surface area contributed by atoms with Crippen LogP contribution >= 0.6 is 11.3 Å². The van der Waals surface area contributed by atoms with Crippen LogP contribution in [0.15, 0.2) is 30.3 Å². The average molecular weight is 448 g/mol. The molecule has 4 rings (SSSR count). The van der Waals surface area contributed by atoms with E-state index >= 15 is 0 Å². The van der Waals surface area contributed by atoms with Gasteiger partial charge in [0.15, 0.2) is 0 Å². The maximum absolute atomic E-state index is 13.2. The number of rotatable bonds is 5. The van der Waals surface area contributed by atoms with Crippen LogP contribution in [0.25, 0.3) is 0 Å². The second kappa shape index (κ2) is 8.77. The number of piperidine rings is 1. The van der Waals surface area contributed by atoms with E-state index in [1.807, 2.05) is 49.2 Å². The molecule has 0 spiro atoms. The Morgan fingerprint density at radius 2 is 1.90 bits per heavy atom. The summed E-state index contributed by atoms with van der Waals surface area (Å²) < 4.78 is 27.1. The zero-order chi connectivity index (χ0) is 21.3. The van der Waals surface area contributed by atoms with E-state index in [4.69, 9.17) is 0 Å². The van der Waals surface area contributed by atoms with Crippen molar-refractivity contribution in [1.82, 2.24) is 14.2 Å². The lowest BCUT2D eigenvalue weighted by atomic mass is 9.93. The van der Waals surface area contributed by atoms with E-state index in [-0.39, 0.29) is 23.6 Å². The molecule has 1 saturated heterocycles. The monoisotopic (exact) mass is 447 g/mol. The zero-order valence-corrected chi connectivity index (χ0v) is 19.2. The van der Waals surface area contributed by atoms with Gasteiger partial charge >= 0.3 is 0 Å². The van der Waals surface area contributed by atoms with E-state index in [0.29, 0.717) is 25.9 Å². The molecule has 2 aromatic rings. The second-order valence-electron chi connectivity index (χ2n) is 8.32. The molecule has 8 heteroatoms. The van der Waals surface area contributed by atoms with Gasteiger partial charge in [0.25, 0.3) is 0 Å². The fourth-order valence-corrected chi connectivity index (χ4v) is 7.30. The molecular weight excluding hydrogens is 418 g/mol. The summed E-state index contributed by atoms with van der Waals surface area (Å²) in [5, 5.41) is 1.06. The van der Waals surface area contributed by atoms with Gasteiger partial charge in [-0.1, -0.05) is 30.3 Å². The van der Waals surface area contributed by atoms with Crippen molar-refractivity contribution in [1.29, 1.82) is 0 Å². The minimum Gasteiger partial charge on any atom is -0.338 e. The Hall–Kier alpha value is -1.77. The molecule has 0 N–H and O–H groups in total. The Kier molecular flexibility index (Phi) is 6.27. The van der Waals surface area contributed by atoms with Gasteiger partial charge < -0.3 is 4.90 Å². The summed E-state index contributed by atoms with van der Waals surface area (Å²) in [7, 11) is -1.46. The van der Waals surface area contributed by atoms with Crippen molar-refractivity contribution in [2.75, 3.05) is 20.1 Å². The number of amides is 1.